The number of fused-ring (bicyclic) bond motifs is 12. The Balaban J connectivity index is 1.12. The molecule has 5 heteroatoms. The van der Waals surface area contributed by atoms with Gasteiger partial charge in [0.25, 0.3) is 6.71 Å². The van der Waals surface area contributed by atoms with E-state index >= 15 is 0 Å². The van der Waals surface area contributed by atoms with Crippen LogP contribution in [0.1, 0.15) is 5.56 Å². The summed E-state index contributed by atoms with van der Waals surface area (Å²) in [5.74, 6) is 1.73. The van der Waals surface area contributed by atoms with Gasteiger partial charge in [-0.05, 0) is 94.1 Å². The van der Waals surface area contributed by atoms with Crippen LogP contribution in [0, 0.1) is 6.92 Å². The van der Waals surface area contributed by atoms with Gasteiger partial charge in [-0.3, -0.25) is 0 Å². The quantitative estimate of drug-likeness (QED) is 0.134. The van der Waals surface area contributed by atoms with Gasteiger partial charge in [0.15, 0.2) is 5.58 Å². The third-order valence-electron chi connectivity index (χ3n) is 11.7. The third kappa shape index (κ3) is 4.43. The molecule has 3 heterocycles. The fourth-order valence-corrected chi connectivity index (χ4v) is 9.35. The van der Waals surface area contributed by atoms with Crippen LogP contribution in [-0.4, -0.2) is 6.71 Å². The first-order chi connectivity index (χ1) is 27.7. The molecule has 0 amide bonds. The fourth-order valence-electron chi connectivity index (χ4n) is 9.35. The molecule has 10 aromatic rings. The lowest BCUT2D eigenvalue weighted by Gasteiger charge is -2.41. The summed E-state index contributed by atoms with van der Waals surface area (Å²) in [7, 11) is 0. The Kier molecular flexibility index (Phi) is 6.61. The second-order valence-corrected chi connectivity index (χ2v) is 14.9. The number of benzene rings is 9. The lowest BCUT2D eigenvalue weighted by molar-refractivity contribution is 0.487. The van der Waals surface area contributed by atoms with Gasteiger partial charge < -0.3 is 19.0 Å². The van der Waals surface area contributed by atoms with Crippen LogP contribution in [0.15, 0.2) is 186 Å². The highest BCUT2D eigenvalue weighted by molar-refractivity contribution is 7.01. The summed E-state index contributed by atoms with van der Waals surface area (Å²) in [5, 5.41) is 7.18. The van der Waals surface area contributed by atoms with Gasteiger partial charge in [0.1, 0.15) is 17.1 Å². The minimum Gasteiger partial charge on any atom is -0.458 e. The number of anilines is 6. The molecule has 0 atom stereocenters. The monoisotopic (exact) mass is 716 g/mol. The van der Waals surface area contributed by atoms with Crippen LogP contribution in [0.2, 0.25) is 0 Å². The Labute approximate surface area is 324 Å². The van der Waals surface area contributed by atoms with Crippen LogP contribution in [0.5, 0.6) is 11.5 Å². The van der Waals surface area contributed by atoms with E-state index in [0.717, 1.165) is 67.3 Å². The van der Waals surface area contributed by atoms with E-state index in [-0.39, 0.29) is 6.71 Å². The summed E-state index contributed by atoms with van der Waals surface area (Å²) in [6, 6.07) is 65.2. The van der Waals surface area contributed by atoms with Crippen molar-refractivity contribution in [2.75, 3.05) is 9.80 Å². The molecule has 0 saturated carbocycles. The molecule has 0 N–H and O–H groups in total. The number of rotatable bonds is 4. The average Bonchev–Trinajstić information content (AvgIpc) is 3.64. The van der Waals surface area contributed by atoms with Gasteiger partial charge in [0.2, 0.25) is 0 Å². The first-order valence-corrected chi connectivity index (χ1v) is 19.2. The van der Waals surface area contributed by atoms with Gasteiger partial charge in [-0.25, -0.2) is 0 Å². The number of para-hydroxylation sites is 3. The molecule has 1 aromatic heterocycles. The second kappa shape index (κ2) is 11.9. The zero-order chi connectivity index (χ0) is 36.9. The second-order valence-electron chi connectivity index (χ2n) is 14.9. The zero-order valence-corrected chi connectivity index (χ0v) is 30.6. The molecule has 0 spiro atoms. The van der Waals surface area contributed by atoms with Crippen molar-refractivity contribution >= 4 is 101 Å². The predicted molar refractivity (Wildman–Crippen MR) is 234 cm³/mol. The molecular formula is C51H33BN2O2. The molecule has 12 rings (SSSR count). The standard InChI is InChI=1S/C51H33BN2O2/c1-32-25-27-34(28-26-32)53(44-22-11-20-41-38-17-9-10-23-45(38)56-51(41)44)35-29-30-42-47(31-35)55-46-24-12-21-43-49(46)52(42)48-39-18-7-5-15-36(39)37-16-6-8-19-40(37)50(48)54(43)33-13-3-2-4-14-33/h2-31H,1H3. The highest BCUT2D eigenvalue weighted by Crippen LogP contribution is 2.47. The summed E-state index contributed by atoms with van der Waals surface area (Å²) >= 11 is 0. The Bertz CT molecular complexity index is 3210. The molecule has 56 heavy (non-hydrogen) atoms. The summed E-state index contributed by atoms with van der Waals surface area (Å²) in [6.07, 6.45) is 0. The zero-order valence-electron chi connectivity index (χ0n) is 30.6. The average molecular weight is 717 g/mol. The van der Waals surface area contributed by atoms with Gasteiger partial charge >= 0.3 is 0 Å². The molecule has 9 aromatic carbocycles. The van der Waals surface area contributed by atoms with Crippen molar-refractivity contribution in [3.8, 4) is 11.5 Å². The topological polar surface area (TPSA) is 28.9 Å². The largest absolute Gasteiger partial charge is 0.458 e. The van der Waals surface area contributed by atoms with E-state index in [9.17, 15) is 0 Å². The molecule has 0 unspecified atom stereocenters. The number of hydrogen-bond acceptors (Lipinski definition) is 4. The number of furan rings is 1. The third-order valence-corrected chi connectivity index (χ3v) is 11.7. The van der Waals surface area contributed by atoms with Crippen molar-refractivity contribution in [1.29, 1.82) is 0 Å². The van der Waals surface area contributed by atoms with Crippen molar-refractivity contribution in [2.45, 2.75) is 6.92 Å². The van der Waals surface area contributed by atoms with Crippen LogP contribution >= 0.6 is 0 Å². The Morgan fingerprint density at radius 3 is 1.98 bits per heavy atom. The molecule has 0 bridgehead atoms. The van der Waals surface area contributed by atoms with Crippen LogP contribution in [0.3, 0.4) is 0 Å². The minimum atomic E-state index is -0.0601. The highest BCUT2D eigenvalue weighted by atomic mass is 16.5. The maximum absolute atomic E-state index is 7.06. The first-order valence-electron chi connectivity index (χ1n) is 19.2. The van der Waals surface area contributed by atoms with Gasteiger partial charge in [-0.2, -0.15) is 0 Å². The van der Waals surface area contributed by atoms with Crippen molar-refractivity contribution in [3.63, 3.8) is 0 Å². The number of hydrogen-bond donors (Lipinski definition) is 0. The van der Waals surface area contributed by atoms with E-state index in [2.05, 4.69) is 187 Å². The molecule has 262 valence electrons. The predicted octanol–water partition coefficient (Wildman–Crippen LogP) is 12.1. The van der Waals surface area contributed by atoms with Crippen LogP contribution in [0.4, 0.5) is 34.1 Å². The van der Waals surface area contributed by atoms with Crippen LogP contribution in [-0.2, 0) is 0 Å². The molecule has 0 aliphatic carbocycles. The summed E-state index contributed by atoms with van der Waals surface area (Å²) < 4.78 is 13.7. The molecule has 4 nitrogen and oxygen atoms in total. The molecular weight excluding hydrogens is 683 g/mol. The van der Waals surface area contributed by atoms with Crippen molar-refractivity contribution < 1.29 is 9.15 Å². The SMILES string of the molecule is Cc1ccc(N(c2ccc3c(c2)Oc2cccc4c2B3c2c(c3ccccc3c3ccccc23)N4c2ccccc2)c2cccc3c2oc2ccccc23)cc1. The molecule has 0 radical (unpaired) electrons. The first kappa shape index (κ1) is 31.1. The maximum Gasteiger partial charge on any atom is 0.257 e. The molecule has 0 fully saturated rings. The van der Waals surface area contributed by atoms with Gasteiger partial charge in [-0.1, -0.05) is 127 Å². The van der Waals surface area contributed by atoms with E-state index in [1.54, 1.807) is 0 Å². The summed E-state index contributed by atoms with van der Waals surface area (Å²) in [6.45, 7) is 2.07. The fraction of sp³-hybridized carbons (Fsp3) is 0.0196. The normalized spacial score (nSPS) is 12.8. The molecule has 2 aliphatic heterocycles. The lowest BCUT2D eigenvalue weighted by atomic mass is 9.33. The minimum absolute atomic E-state index is 0.0601. The van der Waals surface area contributed by atoms with Crippen molar-refractivity contribution in [3.05, 3.63) is 188 Å². The van der Waals surface area contributed by atoms with Gasteiger partial charge in [-0.15, -0.1) is 0 Å². The van der Waals surface area contributed by atoms with E-state index in [0.29, 0.717) is 0 Å². The number of nitrogens with zero attached hydrogens (tertiary/aromatic N) is 2. The van der Waals surface area contributed by atoms with E-state index in [1.807, 2.05) is 12.1 Å². The molecule has 0 saturated heterocycles. The van der Waals surface area contributed by atoms with Crippen molar-refractivity contribution in [2.24, 2.45) is 0 Å². The van der Waals surface area contributed by atoms with Crippen LogP contribution in [0.25, 0.3) is 43.5 Å². The van der Waals surface area contributed by atoms with Crippen LogP contribution < -0.4 is 30.9 Å². The number of aryl methyl sites for hydroxylation is 1. The number of ether oxygens (including phenoxy) is 1. The molecule has 2 aliphatic rings. The van der Waals surface area contributed by atoms with Gasteiger partial charge in [0, 0.05) is 50.7 Å². The van der Waals surface area contributed by atoms with E-state index < -0.39 is 0 Å². The maximum atomic E-state index is 7.06. The Morgan fingerprint density at radius 2 is 1.16 bits per heavy atom. The summed E-state index contributed by atoms with van der Waals surface area (Å²) in [4.78, 5) is 4.75. The van der Waals surface area contributed by atoms with Crippen molar-refractivity contribution in [1.82, 2.24) is 0 Å². The smallest absolute Gasteiger partial charge is 0.257 e. The van der Waals surface area contributed by atoms with Gasteiger partial charge in [0.05, 0.1) is 5.69 Å². The Hall–Kier alpha value is -7.24. The van der Waals surface area contributed by atoms with E-state index in [1.165, 1.54) is 43.7 Å². The van der Waals surface area contributed by atoms with E-state index in [4.69, 9.17) is 9.15 Å². The lowest BCUT2D eigenvalue weighted by Crippen LogP contribution is -2.59. The summed E-state index contributed by atoms with van der Waals surface area (Å²) in [5.41, 5.74) is 13.0. The highest BCUT2D eigenvalue weighted by Gasteiger charge is 2.43. The Morgan fingerprint density at radius 1 is 0.500 bits per heavy atom.